The molecule has 0 aliphatic carbocycles. The van der Waals surface area contributed by atoms with E-state index in [1.807, 2.05) is 43.3 Å². The minimum atomic E-state index is -0.0167. The summed E-state index contributed by atoms with van der Waals surface area (Å²) in [6.45, 7) is 2.33. The molecule has 21 heavy (non-hydrogen) atoms. The van der Waals surface area contributed by atoms with Gasteiger partial charge in [-0.2, -0.15) is 0 Å². The zero-order chi connectivity index (χ0) is 14.5. The Bertz CT molecular complexity index is 616. The van der Waals surface area contributed by atoms with Gasteiger partial charge in [0.1, 0.15) is 0 Å². The third kappa shape index (κ3) is 4.78. The largest absolute Gasteiger partial charge is 0.352 e. The summed E-state index contributed by atoms with van der Waals surface area (Å²) in [4.78, 5) is 12.8. The highest BCUT2D eigenvalue weighted by Crippen LogP contribution is 2.32. The second kappa shape index (κ2) is 8.49. The first-order valence-corrected chi connectivity index (χ1v) is 7.77. The number of rotatable bonds is 5. The molecule has 2 rings (SSSR count). The van der Waals surface area contributed by atoms with Crippen molar-refractivity contribution < 1.29 is 4.79 Å². The zero-order valence-electron chi connectivity index (χ0n) is 11.6. The average Bonchev–Trinajstić information content (AvgIpc) is 2.45. The Balaban J connectivity index is 0.00000220. The topological polar surface area (TPSA) is 55.1 Å². The van der Waals surface area contributed by atoms with Crippen LogP contribution in [0.3, 0.4) is 0 Å². The lowest BCUT2D eigenvalue weighted by atomic mass is 10.1. The van der Waals surface area contributed by atoms with E-state index in [1.165, 1.54) is 11.8 Å². The molecule has 3 nitrogen and oxygen atoms in total. The van der Waals surface area contributed by atoms with Crippen LogP contribution in [0.25, 0.3) is 10.8 Å². The highest BCUT2D eigenvalue weighted by atomic mass is 35.5. The van der Waals surface area contributed by atoms with E-state index in [-0.39, 0.29) is 24.4 Å². The molecule has 0 fully saturated rings. The van der Waals surface area contributed by atoms with Crippen LogP contribution in [-0.4, -0.2) is 24.2 Å². The Morgan fingerprint density at radius 1 is 1.33 bits per heavy atom. The van der Waals surface area contributed by atoms with Crippen LogP contribution in [-0.2, 0) is 4.79 Å². The summed E-state index contributed by atoms with van der Waals surface area (Å²) in [5.74, 6) is 0.339. The second-order valence-corrected chi connectivity index (χ2v) is 6.01. The molecule has 1 amide bonds. The predicted octanol–water partition coefficient (Wildman–Crippen LogP) is 3.47. The van der Waals surface area contributed by atoms with E-state index >= 15 is 0 Å². The van der Waals surface area contributed by atoms with Crippen molar-refractivity contribution in [3.8, 4) is 0 Å². The molecule has 0 aliphatic heterocycles. The van der Waals surface area contributed by atoms with Gasteiger partial charge >= 0.3 is 0 Å². The number of benzene rings is 2. The number of carbonyl (C=O) groups is 1. The maximum atomic E-state index is 11.8. The van der Waals surface area contributed by atoms with Gasteiger partial charge in [-0.05, 0) is 24.4 Å². The van der Waals surface area contributed by atoms with Gasteiger partial charge in [0.05, 0.1) is 5.75 Å². The fraction of sp³-hybridized carbons (Fsp3) is 0.267. The summed E-state index contributed by atoms with van der Waals surface area (Å²) < 4.78 is 0. The van der Waals surface area contributed by atoms with Gasteiger partial charge in [-0.3, -0.25) is 4.79 Å². The Kier molecular flexibility index (Phi) is 7.32. The molecule has 114 valence electrons. The minimum absolute atomic E-state index is 0. The summed E-state index contributed by atoms with van der Waals surface area (Å²) in [6.07, 6.45) is 0. The Labute approximate surface area is 140 Å². The number of hydrogen-bond donors (Lipinski definition) is 2. The smallest absolute Gasteiger partial charge is 0.230 e. The van der Waals surface area contributed by atoms with Gasteiger partial charge in [0.2, 0.25) is 5.91 Å². The van der Waals surface area contributed by atoms with Gasteiger partial charge < -0.3 is 11.1 Å². The molecule has 0 saturated carbocycles. The Morgan fingerprint density at radius 2 is 2.00 bits per heavy atom. The minimum Gasteiger partial charge on any atom is -0.352 e. The first-order valence-electron chi connectivity index (χ1n) is 6.41. The number of amides is 1. The zero-order valence-corrected chi connectivity index (χ0v) is 14.0. The SMILES string of the molecule is C[C@@H](CN)NC(=O)CSc1cccc2cccc(Cl)c12.Cl. The van der Waals surface area contributed by atoms with E-state index in [4.69, 9.17) is 17.3 Å². The summed E-state index contributed by atoms with van der Waals surface area (Å²) in [7, 11) is 0. The fourth-order valence-corrected chi connectivity index (χ4v) is 3.16. The lowest BCUT2D eigenvalue weighted by molar-refractivity contribution is -0.119. The molecular formula is C15H18Cl2N2OS. The maximum Gasteiger partial charge on any atom is 0.230 e. The monoisotopic (exact) mass is 344 g/mol. The molecule has 0 radical (unpaired) electrons. The second-order valence-electron chi connectivity index (χ2n) is 4.59. The molecule has 2 aromatic rings. The molecule has 0 saturated heterocycles. The molecule has 0 heterocycles. The molecule has 0 aliphatic rings. The summed E-state index contributed by atoms with van der Waals surface area (Å²) in [5, 5.41) is 5.64. The molecule has 3 N–H and O–H groups in total. The van der Waals surface area contributed by atoms with Crippen LogP contribution in [0.4, 0.5) is 0 Å². The standard InChI is InChI=1S/C15H17ClN2OS.ClH/c1-10(8-17)18-14(19)9-20-13-7-3-5-11-4-2-6-12(16)15(11)13;/h2-7,10H,8-9,17H2,1H3,(H,18,19);1H/t10-;/m0./s1. The van der Waals surface area contributed by atoms with E-state index in [0.717, 1.165) is 15.7 Å². The third-order valence-corrected chi connectivity index (χ3v) is 4.31. The maximum absolute atomic E-state index is 11.8. The lowest BCUT2D eigenvalue weighted by Gasteiger charge is -2.12. The Hall–Kier alpha value is -0.940. The third-order valence-electron chi connectivity index (χ3n) is 2.94. The number of fused-ring (bicyclic) bond motifs is 1. The van der Waals surface area contributed by atoms with Crippen LogP contribution in [0.2, 0.25) is 5.02 Å². The number of nitrogens with one attached hydrogen (secondary N) is 1. The van der Waals surface area contributed by atoms with Crippen LogP contribution in [0.1, 0.15) is 6.92 Å². The molecular weight excluding hydrogens is 327 g/mol. The predicted molar refractivity (Wildman–Crippen MR) is 93.6 cm³/mol. The van der Waals surface area contributed by atoms with E-state index in [2.05, 4.69) is 5.32 Å². The first kappa shape index (κ1) is 18.1. The van der Waals surface area contributed by atoms with Crippen molar-refractivity contribution >= 4 is 52.4 Å². The molecule has 2 aromatic carbocycles. The lowest BCUT2D eigenvalue weighted by Crippen LogP contribution is -2.38. The molecule has 0 bridgehead atoms. The van der Waals surface area contributed by atoms with E-state index < -0.39 is 0 Å². The molecule has 0 aromatic heterocycles. The highest BCUT2D eigenvalue weighted by molar-refractivity contribution is 8.00. The van der Waals surface area contributed by atoms with Crippen molar-refractivity contribution in [2.75, 3.05) is 12.3 Å². The summed E-state index contributed by atoms with van der Waals surface area (Å²) in [6, 6.07) is 11.8. The van der Waals surface area contributed by atoms with Crippen LogP contribution >= 0.6 is 35.8 Å². The van der Waals surface area contributed by atoms with Gasteiger partial charge in [-0.15, -0.1) is 24.2 Å². The van der Waals surface area contributed by atoms with Crippen LogP contribution < -0.4 is 11.1 Å². The first-order chi connectivity index (χ1) is 9.61. The molecule has 6 heteroatoms. The Morgan fingerprint density at radius 3 is 2.67 bits per heavy atom. The van der Waals surface area contributed by atoms with Crippen molar-refractivity contribution in [1.82, 2.24) is 5.32 Å². The molecule has 1 atom stereocenters. The molecule has 0 unspecified atom stereocenters. The average molecular weight is 345 g/mol. The summed E-state index contributed by atoms with van der Waals surface area (Å²) >= 11 is 7.74. The number of hydrogen-bond acceptors (Lipinski definition) is 3. The van der Waals surface area contributed by atoms with Crippen LogP contribution in [0.5, 0.6) is 0 Å². The summed E-state index contributed by atoms with van der Waals surface area (Å²) in [5.41, 5.74) is 5.48. The van der Waals surface area contributed by atoms with E-state index in [1.54, 1.807) is 0 Å². The van der Waals surface area contributed by atoms with Crippen molar-refractivity contribution in [2.45, 2.75) is 17.9 Å². The van der Waals surface area contributed by atoms with Crippen LogP contribution in [0.15, 0.2) is 41.3 Å². The fourth-order valence-electron chi connectivity index (χ4n) is 1.90. The van der Waals surface area contributed by atoms with Crippen molar-refractivity contribution in [3.63, 3.8) is 0 Å². The van der Waals surface area contributed by atoms with E-state index in [0.29, 0.717) is 17.3 Å². The van der Waals surface area contributed by atoms with Gasteiger partial charge in [0.25, 0.3) is 0 Å². The number of halogens is 2. The van der Waals surface area contributed by atoms with E-state index in [9.17, 15) is 4.79 Å². The number of nitrogens with two attached hydrogens (primary N) is 1. The highest BCUT2D eigenvalue weighted by Gasteiger charge is 2.09. The quantitative estimate of drug-likeness (QED) is 0.816. The molecule has 0 spiro atoms. The van der Waals surface area contributed by atoms with Gasteiger partial charge in [0, 0.05) is 27.9 Å². The van der Waals surface area contributed by atoms with Crippen LogP contribution in [0, 0.1) is 0 Å². The van der Waals surface area contributed by atoms with Crippen molar-refractivity contribution in [3.05, 3.63) is 41.4 Å². The number of thioether (sulfide) groups is 1. The van der Waals surface area contributed by atoms with Gasteiger partial charge in [0.15, 0.2) is 0 Å². The van der Waals surface area contributed by atoms with Gasteiger partial charge in [-0.25, -0.2) is 0 Å². The van der Waals surface area contributed by atoms with Gasteiger partial charge in [-0.1, -0.05) is 35.9 Å². The number of carbonyl (C=O) groups excluding carboxylic acids is 1. The van der Waals surface area contributed by atoms with Crippen molar-refractivity contribution in [2.24, 2.45) is 5.73 Å². The normalized spacial score (nSPS) is 11.8. The van der Waals surface area contributed by atoms with Crippen molar-refractivity contribution in [1.29, 1.82) is 0 Å².